The third-order valence-corrected chi connectivity index (χ3v) is 5.11. The molecule has 1 aromatic heterocycles. The molecule has 0 amide bonds. The highest BCUT2D eigenvalue weighted by molar-refractivity contribution is 5.92. The Morgan fingerprint density at radius 3 is 2.41 bits per heavy atom. The molecule has 0 fully saturated rings. The largest absolute Gasteiger partial charge is 0.493 e. The fourth-order valence-electron chi connectivity index (χ4n) is 3.62. The summed E-state index contributed by atoms with van der Waals surface area (Å²) in [6.45, 7) is 4.45. The third-order valence-electron chi connectivity index (χ3n) is 5.11. The number of carbonyl (C=O) groups is 1. The van der Waals surface area contributed by atoms with Crippen LogP contribution in [0.2, 0.25) is 0 Å². The molecule has 3 aromatic rings. The molecule has 29 heavy (non-hydrogen) atoms. The molecule has 1 aliphatic carbocycles. The molecule has 0 radical (unpaired) electrons. The van der Waals surface area contributed by atoms with Crippen molar-refractivity contribution in [3.05, 3.63) is 65.0 Å². The minimum atomic E-state index is -0.122. The lowest BCUT2D eigenvalue weighted by atomic mass is 10.1. The van der Waals surface area contributed by atoms with Crippen molar-refractivity contribution in [3.63, 3.8) is 0 Å². The quantitative estimate of drug-likeness (QED) is 0.391. The Kier molecular flexibility index (Phi) is 5.65. The van der Waals surface area contributed by atoms with E-state index in [1.165, 1.54) is 30.9 Å². The molecule has 5 nitrogen and oxygen atoms in total. The summed E-state index contributed by atoms with van der Waals surface area (Å²) in [6, 6.07) is 13.9. The zero-order valence-corrected chi connectivity index (χ0v) is 16.9. The Bertz CT molecular complexity index is 1000. The molecule has 0 saturated heterocycles. The number of aryl methyl sites for hydroxylation is 3. The van der Waals surface area contributed by atoms with Crippen molar-refractivity contribution in [3.8, 4) is 23.0 Å². The van der Waals surface area contributed by atoms with E-state index in [1.807, 2.05) is 24.3 Å². The van der Waals surface area contributed by atoms with Gasteiger partial charge < -0.3 is 13.9 Å². The molecule has 0 atom stereocenters. The van der Waals surface area contributed by atoms with Crippen LogP contribution in [-0.2, 0) is 12.8 Å². The maximum atomic E-state index is 11.5. The number of oxazole rings is 1. The number of ether oxygens (including phenoxy) is 2. The van der Waals surface area contributed by atoms with E-state index < -0.39 is 0 Å². The summed E-state index contributed by atoms with van der Waals surface area (Å²) in [6.07, 6.45) is 4.41. The number of fused-ring (bicyclic) bond motifs is 1. The van der Waals surface area contributed by atoms with Crippen LogP contribution in [-0.4, -0.2) is 24.0 Å². The van der Waals surface area contributed by atoms with E-state index >= 15 is 0 Å². The molecule has 0 aliphatic heterocycles. The van der Waals surface area contributed by atoms with Gasteiger partial charge in [-0.15, -0.1) is 0 Å². The molecule has 4 rings (SSSR count). The number of hydrogen-bond donors (Lipinski definition) is 0. The standard InChI is InChI=1S/C24H25NO4/c1-16-23(17(2)26)29-24(25-16)19-8-10-21(11-9-19)27-13-4-14-28-22-12-7-18-5-3-6-20(18)15-22/h7-12,15H,3-6,13-14H2,1-2H3. The Hall–Kier alpha value is -3.08. The Balaban J connectivity index is 1.24. The van der Waals surface area contributed by atoms with Gasteiger partial charge in [0.1, 0.15) is 11.5 Å². The lowest BCUT2D eigenvalue weighted by Gasteiger charge is -2.09. The van der Waals surface area contributed by atoms with Gasteiger partial charge in [0.25, 0.3) is 0 Å². The number of benzene rings is 2. The van der Waals surface area contributed by atoms with Gasteiger partial charge in [0.15, 0.2) is 11.5 Å². The van der Waals surface area contributed by atoms with E-state index in [9.17, 15) is 4.79 Å². The first-order valence-corrected chi connectivity index (χ1v) is 10.1. The number of aromatic nitrogens is 1. The van der Waals surface area contributed by atoms with Gasteiger partial charge in [0.2, 0.25) is 5.89 Å². The smallest absolute Gasteiger partial charge is 0.227 e. The number of rotatable bonds is 8. The summed E-state index contributed by atoms with van der Waals surface area (Å²) in [4.78, 5) is 15.8. The summed E-state index contributed by atoms with van der Waals surface area (Å²) in [5.74, 6) is 2.36. The van der Waals surface area contributed by atoms with E-state index in [4.69, 9.17) is 13.9 Å². The molecule has 0 saturated carbocycles. The van der Waals surface area contributed by atoms with Crippen LogP contribution < -0.4 is 9.47 Å². The molecule has 0 spiro atoms. The molecular formula is C24H25NO4. The summed E-state index contributed by atoms with van der Waals surface area (Å²) >= 11 is 0. The van der Waals surface area contributed by atoms with Crippen LogP contribution in [0.5, 0.6) is 11.5 Å². The Morgan fingerprint density at radius 1 is 1.00 bits per heavy atom. The molecule has 0 N–H and O–H groups in total. The molecule has 1 aliphatic rings. The maximum absolute atomic E-state index is 11.5. The monoisotopic (exact) mass is 391 g/mol. The predicted molar refractivity (Wildman–Crippen MR) is 111 cm³/mol. The summed E-state index contributed by atoms with van der Waals surface area (Å²) in [5.41, 5.74) is 4.31. The number of ketones is 1. The van der Waals surface area contributed by atoms with Crippen LogP contribution in [0.4, 0.5) is 0 Å². The Labute approximate surface area is 170 Å². The first-order chi connectivity index (χ1) is 14.1. The summed E-state index contributed by atoms with van der Waals surface area (Å²) in [7, 11) is 0. The van der Waals surface area contributed by atoms with Crippen LogP contribution >= 0.6 is 0 Å². The molecule has 2 aromatic carbocycles. The normalized spacial score (nSPS) is 12.6. The molecule has 0 bridgehead atoms. The number of carbonyl (C=O) groups excluding carboxylic acids is 1. The van der Waals surface area contributed by atoms with E-state index in [0.29, 0.717) is 30.6 Å². The molecule has 150 valence electrons. The van der Waals surface area contributed by atoms with Crippen molar-refractivity contribution in [2.75, 3.05) is 13.2 Å². The lowest BCUT2D eigenvalue weighted by molar-refractivity contribution is 0.0987. The first kappa shape index (κ1) is 19.2. The lowest BCUT2D eigenvalue weighted by Crippen LogP contribution is -2.05. The fourth-order valence-corrected chi connectivity index (χ4v) is 3.62. The van der Waals surface area contributed by atoms with E-state index in [0.717, 1.165) is 29.9 Å². The van der Waals surface area contributed by atoms with Crippen molar-refractivity contribution in [1.29, 1.82) is 0 Å². The fraction of sp³-hybridized carbons (Fsp3) is 0.333. The van der Waals surface area contributed by atoms with Crippen molar-refractivity contribution in [2.45, 2.75) is 39.5 Å². The highest BCUT2D eigenvalue weighted by atomic mass is 16.5. The maximum Gasteiger partial charge on any atom is 0.227 e. The van der Waals surface area contributed by atoms with Gasteiger partial charge in [-0.1, -0.05) is 6.07 Å². The Morgan fingerprint density at radius 2 is 1.69 bits per heavy atom. The van der Waals surface area contributed by atoms with Crippen LogP contribution in [0.1, 0.15) is 47.1 Å². The zero-order valence-electron chi connectivity index (χ0n) is 16.9. The second kappa shape index (κ2) is 8.52. The average Bonchev–Trinajstić information content (AvgIpc) is 3.34. The summed E-state index contributed by atoms with van der Waals surface area (Å²) < 4.78 is 17.2. The average molecular weight is 391 g/mol. The van der Waals surface area contributed by atoms with Crippen molar-refractivity contribution >= 4 is 5.78 Å². The SMILES string of the molecule is CC(=O)c1oc(-c2ccc(OCCCOc3ccc4c(c3)CCC4)cc2)nc1C. The molecular weight excluding hydrogens is 366 g/mol. The van der Waals surface area contributed by atoms with Crippen LogP contribution in [0, 0.1) is 6.92 Å². The summed E-state index contributed by atoms with van der Waals surface area (Å²) in [5, 5.41) is 0. The van der Waals surface area contributed by atoms with E-state index in [2.05, 4.69) is 23.2 Å². The number of Topliss-reactive ketones (excluding diaryl/α,β-unsaturated/α-hetero) is 1. The highest BCUT2D eigenvalue weighted by Gasteiger charge is 2.15. The predicted octanol–water partition coefficient (Wildman–Crippen LogP) is 5.19. The van der Waals surface area contributed by atoms with Crippen molar-refractivity contribution in [2.24, 2.45) is 0 Å². The molecule has 5 heteroatoms. The second-order valence-electron chi connectivity index (χ2n) is 7.35. The van der Waals surface area contributed by atoms with Crippen LogP contribution in [0.25, 0.3) is 11.5 Å². The number of nitrogens with zero attached hydrogens (tertiary/aromatic N) is 1. The first-order valence-electron chi connectivity index (χ1n) is 10.1. The number of hydrogen-bond acceptors (Lipinski definition) is 5. The van der Waals surface area contributed by atoms with Gasteiger partial charge in [-0.3, -0.25) is 4.79 Å². The second-order valence-corrected chi connectivity index (χ2v) is 7.35. The topological polar surface area (TPSA) is 61.6 Å². The van der Waals surface area contributed by atoms with Crippen LogP contribution in [0.15, 0.2) is 46.9 Å². The highest BCUT2D eigenvalue weighted by Crippen LogP contribution is 2.26. The minimum Gasteiger partial charge on any atom is -0.493 e. The van der Waals surface area contributed by atoms with Crippen LogP contribution in [0.3, 0.4) is 0 Å². The van der Waals surface area contributed by atoms with Gasteiger partial charge >= 0.3 is 0 Å². The van der Waals surface area contributed by atoms with Gasteiger partial charge in [-0.2, -0.15) is 0 Å². The van der Waals surface area contributed by atoms with E-state index in [1.54, 1.807) is 6.92 Å². The van der Waals surface area contributed by atoms with E-state index in [-0.39, 0.29) is 5.78 Å². The van der Waals surface area contributed by atoms with Gasteiger partial charge in [-0.05, 0) is 73.7 Å². The zero-order chi connectivity index (χ0) is 20.2. The molecule has 1 heterocycles. The van der Waals surface area contributed by atoms with Gasteiger partial charge in [0, 0.05) is 18.9 Å². The van der Waals surface area contributed by atoms with Gasteiger partial charge in [0.05, 0.1) is 18.9 Å². The van der Waals surface area contributed by atoms with Gasteiger partial charge in [-0.25, -0.2) is 4.98 Å². The third kappa shape index (κ3) is 4.50. The molecule has 0 unspecified atom stereocenters. The van der Waals surface area contributed by atoms with Crippen molar-refractivity contribution < 1.29 is 18.7 Å². The minimum absolute atomic E-state index is 0.122. The van der Waals surface area contributed by atoms with Crippen molar-refractivity contribution in [1.82, 2.24) is 4.98 Å².